The van der Waals surface area contributed by atoms with E-state index < -0.39 is 24.7 Å². The van der Waals surface area contributed by atoms with Gasteiger partial charge in [-0.05, 0) is 24.6 Å². The van der Waals surface area contributed by atoms with Crippen LogP contribution in [0.1, 0.15) is 18.5 Å². The fourth-order valence-corrected chi connectivity index (χ4v) is 1.62. The summed E-state index contributed by atoms with van der Waals surface area (Å²) >= 11 is 0. The number of rotatable bonds is 6. The van der Waals surface area contributed by atoms with Gasteiger partial charge in [-0.1, -0.05) is 12.1 Å². The number of alkyl halides is 3. The molecule has 7 heteroatoms. The minimum absolute atomic E-state index is 0.354. The third kappa shape index (κ3) is 5.08. The van der Waals surface area contributed by atoms with Crippen LogP contribution in [0.25, 0.3) is 0 Å². The zero-order valence-corrected chi connectivity index (χ0v) is 11.2. The zero-order chi connectivity index (χ0) is 15.2. The molecular formula is C13H16F3NO3. The van der Waals surface area contributed by atoms with Gasteiger partial charge >= 0.3 is 12.1 Å². The Labute approximate surface area is 114 Å². The molecule has 0 amide bonds. The largest absolute Gasteiger partial charge is 0.494 e. The Kier molecular flexibility index (Phi) is 5.82. The van der Waals surface area contributed by atoms with Gasteiger partial charge in [0.2, 0.25) is 0 Å². The lowest BCUT2D eigenvalue weighted by Crippen LogP contribution is -2.36. The van der Waals surface area contributed by atoms with Crippen LogP contribution in [0.4, 0.5) is 13.2 Å². The molecule has 0 aliphatic heterocycles. The second kappa shape index (κ2) is 7.14. The Bertz CT molecular complexity index is 449. The highest BCUT2D eigenvalue weighted by atomic mass is 19.4. The van der Waals surface area contributed by atoms with Crippen molar-refractivity contribution in [3.63, 3.8) is 0 Å². The second-order valence-electron chi connectivity index (χ2n) is 3.96. The van der Waals surface area contributed by atoms with Crippen LogP contribution in [0, 0.1) is 0 Å². The fraction of sp³-hybridized carbons (Fsp3) is 0.462. The van der Waals surface area contributed by atoms with Gasteiger partial charge in [-0.2, -0.15) is 13.2 Å². The van der Waals surface area contributed by atoms with Crippen molar-refractivity contribution in [3.05, 3.63) is 29.8 Å². The van der Waals surface area contributed by atoms with Crippen molar-refractivity contribution >= 4 is 5.97 Å². The summed E-state index contributed by atoms with van der Waals surface area (Å²) in [7, 11) is 1.12. The minimum atomic E-state index is -4.41. The van der Waals surface area contributed by atoms with E-state index in [1.807, 2.05) is 0 Å². The summed E-state index contributed by atoms with van der Waals surface area (Å²) in [6, 6.07) is 5.11. The normalized spacial score (nSPS) is 12.8. The number of carbonyl (C=O) groups is 1. The first-order valence-electron chi connectivity index (χ1n) is 5.98. The van der Waals surface area contributed by atoms with Crippen LogP contribution in [0.2, 0.25) is 0 Å². The van der Waals surface area contributed by atoms with E-state index in [1.165, 1.54) is 12.1 Å². The summed E-state index contributed by atoms with van der Waals surface area (Å²) in [5, 5.41) is 2.14. The molecule has 4 nitrogen and oxygen atoms in total. The molecular weight excluding hydrogens is 275 g/mol. The number of esters is 1. The predicted octanol–water partition coefficient (Wildman–Crippen LogP) is 2.45. The topological polar surface area (TPSA) is 47.6 Å². The summed E-state index contributed by atoms with van der Waals surface area (Å²) in [5.41, 5.74) is 0.354. The Morgan fingerprint density at radius 1 is 1.40 bits per heavy atom. The molecule has 20 heavy (non-hydrogen) atoms. The lowest BCUT2D eigenvalue weighted by Gasteiger charge is -2.18. The van der Waals surface area contributed by atoms with E-state index in [9.17, 15) is 18.0 Å². The maximum atomic E-state index is 12.3. The molecule has 1 atom stereocenters. The molecule has 0 aromatic heterocycles. The van der Waals surface area contributed by atoms with Crippen LogP contribution >= 0.6 is 0 Å². The standard InChI is InChI=1S/C13H16F3NO3/c1-3-20-10-6-4-5-9(7-10)11(12(18)19-2)17-8-13(14,15)16/h4-7,11,17H,3,8H2,1-2H3. The molecule has 112 valence electrons. The molecule has 0 fully saturated rings. The number of hydrogen-bond donors (Lipinski definition) is 1. The van der Waals surface area contributed by atoms with Gasteiger partial charge in [0, 0.05) is 0 Å². The van der Waals surface area contributed by atoms with E-state index in [1.54, 1.807) is 19.1 Å². The van der Waals surface area contributed by atoms with E-state index in [2.05, 4.69) is 10.1 Å². The van der Waals surface area contributed by atoms with Crippen molar-refractivity contribution in [1.82, 2.24) is 5.32 Å². The summed E-state index contributed by atoms with van der Waals surface area (Å²) < 4.78 is 46.6. The molecule has 0 saturated carbocycles. The van der Waals surface area contributed by atoms with Crippen molar-refractivity contribution in [2.24, 2.45) is 0 Å². The molecule has 0 saturated heterocycles. The molecule has 1 unspecified atom stereocenters. The van der Waals surface area contributed by atoms with Crippen molar-refractivity contribution in [1.29, 1.82) is 0 Å². The number of carbonyl (C=O) groups excluding carboxylic acids is 1. The van der Waals surface area contributed by atoms with Gasteiger partial charge in [-0.25, -0.2) is 4.79 Å². The quantitative estimate of drug-likeness (QED) is 0.818. The Hall–Kier alpha value is -1.76. The number of nitrogens with one attached hydrogen (secondary N) is 1. The molecule has 0 radical (unpaired) electrons. The number of ether oxygens (including phenoxy) is 2. The Balaban J connectivity index is 2.92. The smallest absolute Gasteiger partial charge is 0.401 e. The van der Waals surface area contributed by atoms with E-state index in [-0.39, 0.29) is 0 Å². The van der Waals surface area contributed by atoms with Crippen molar-refractivity contribution in [2.75, 3.05) is 20.3 Å². The SMILES string of the molecule is CCOc1cccc(C(NCC(F)(F)F)C(=O)OC)c1. The predicted molar refractivity (Wildman–Crippen MR) is 66.4 cm³/mol. The molecule has 1 rings (SSSR count). The van der Waals surface area contributed by atoms with E-state index >= 15 is 0 Å². The van der Waals surface area contributed by atoms with Crippen LogP contribution in [-0.4, -0.2) is 32.4 Å². The Morgan fingerprint density at radius 3 is 2.65 bits per heavy atom. The van der Waals surface area contributed by atoms with Crippen molar-refractivity contribution in [3.8, 4) is 5.75 Å². The first-order valence-corrected chi connectivity index (χ1v) is 5.98. The van der Waals surface area contributed by atoms with Crippen LogP contribution in [0.15, 0.2) is 24.3 Å². The van der Waals surface area contributed by atoms with Crippen molar-refractivity contribution in [2.45, 2.75) is 19.1 Å². The second-order valence-corrected chi connectivity index (χ2v) is 3.96. The maximum Gasteiger partial charge on any atom is 0.401 e. The molecule has 1 N–H and O–H groups in total. The van der Waals surface area contributed by atoms with Gasteiger partial charge in [-0.3, -0.25) is 5.32 Å². The molecule has 0 heterocycles. The highest BCUT2D eigenvalue weighted by Crippen LogP contribution is 2.22. The lowest BCUT2D eigenvalue weighted by atomic mass is 10.1. The number of hydrogen-bond acceptors (Lipinski definition) is 4. The highest BCUT2D eigenvalue weighted by Gasteiger charge is 2.31. The molecule has 1 aromatic carbocycles. The monoisotopic (exact) mass is 291 g/mol. The average Bonchev–Trinajstić information content (AvgIpc) is 2.38. The molecule has 0 aliphatic rings. The van der Waals surface area contributed by atoms with Crippen LogP contribution in [0.5, 0.6) is 5.75 Å². The zero-order valence-electron chi connectivity index (χ0n) is 11.2. The van der Waals surface area contributed by atoms with Gasteiger partial charge in [0.25, 0.3) is 0 Å². The first-order chi connectivity index (χ1) is 9.37. The maximum absolute atomic E-state index is 12.3. The van der Waals surface area contributed by atoms with Crippen LogP contribution < -0.4 is 10.1 Å². The molecule has 0 spiro atoms. The third-order valence-corrected chi connectivity index (χ3v) is 2.45. The van der Waals surface area contributed by atoms with Crippen molar-refractivity contribution < 1.29 is 27.4 Å². The third-order valence-electron chi connectivity index (χ3n) is 2.45. The van der Waals surface area contributed by atoms with Gasteiger partial charge in [0.05, 0.1) is 20.3 Å². The fourth-order valence-electron chi connectivity index (χ4n) is 1.62. The summed E-state index contributed by atoms with van der Waals surface area (Å²) in [6.07, 6.45) is -4.41. The number of halogens is 3. The first kappa shape index (κ1) is 16.3. The van der Waals surface area contributed by atoms with Gasteiger partial charge in [0.15, 0.2) is 0 Å². The lowest BCUT2D eigenvalue weighted by molar-refractivity contribution is -0.146. The van der Waals surface area contributed by atoms with Gasteiger partial charge < -0.3 is 9.47 Å². The summed E-state index contributed by atoms with van der Waals surface area (Å²) in [5.74, 6) is -0.310. The van der Waals surface area contributed by atoms with Gasteiger partial charge in [-0.15, -0.1) is 0 Å². The van der Waals surface area contributed by atoms with Gasteiger partial charge in [0.1, 0.15) is 11.8 Å². The number of benzene rings is 1. The van der Waals surface area contributed by atoms with E-state index in [0.717, 1.165) is 7.11 Å². The minimum Gasteiger partial charge on any atom is -0.494 e. The summed E-state index contributed by atoms with van der Waals surface area (Å²) in [4.78, 5) is 11.6. The number of methoxy groups -OCH3 is 1. The molecule has 1 aromatic rings. The van der Waals surface area contributed by atoms with Crippen LogP contribution in [-0.2, 0) is 9.53 Å². The Morgan fingerprint density at radius 2 is 2.10 bits per heavy atom. The van der Waals surface area contributed by atoms with E-state index in [0.29, 0.717) is 17.9 Å². The van der Waals surface area contributed by atoms with E-state index in [4.69, 9.17) is 4.74 Å². The summed E-state index contributed by atoms with van der Waals surface area (Å²) in [6.45, 7) is 0.917. The van der Waals surface area contributed by atoms with Crippen LogP contribution in [0.3, 0.4) is 0 Å². The highest BCUT2D eigenvalue weighted by molar-refractivity contribution is 5.77. The molecule has 0 aliphatic carbocycles. The molecule has 0 bridgehead atoms. The average molecular weight is 291 g/mol.